The molecule has 2 aromatic rings. The third-order valence-electron chi connectivity index (χ3n) is 2.55. The lowest BCUT2D eigenvalue weighted by molar-refractivity contribution is -0.144. The van der Waals surface area contributed by atoms with Crippen LogP contribution in [-0.2, 0) is 6.18 Å². The van der Waals surface area contributed by atoms with E-state index in [0.29, 0.717) is 5.69 Å². The van der Waals surface area contributed by atoms with Gasteiger partial charge in [0, 0.05) is 23.3 Å². The third-order valence-corrected chi connectivity index (χ3v) is 3.01. The molecular weight excluding hydrogens is 349 g/mol. The summed E-state index contributed by atoms with van der Waals surface area (Å²) in [5.74, 6) is -1.03. The van der Waals surface area contributed by atoms with Crippen LogP contribution >= 0.6 is 15.9 Å². The maximum Gasteiger partial charge on any atom is 0.451 e. The number of alkyl halides is 3. The van der Waals surface area contributed by atoms with Crippen LogP contribution in [0, 0.1) is 6.92 Å². The van der Waals surface area contributed by atoms with Crippen molar-refractivity contribution in [3.63, 3.8) is 0 Å². The van der Waals surface area contributed by atoms with Crippen LogP contribution in [0.2, 0.25) is 0 Å². The van der Waals surface area contributed by atoms with E-state index in [1.54, 1.807) is 12.1 Å². The number of aromatic nitrogens is 2. The molecule has 0 fully saturated rings. The van der Waals surface area contributed by atoms with Crippen LogP contribution in [0.3, 0.4) is 0 Å². The summed E-state index contributed by atoms with van der Waals surface area (Å²) in [6.07, 6.45) is -4.60. The molecular formula is C13H12BrF3N4. The van der Waals surface area contributed by atoms with Crippen molar-refractivity contribution < 1.29 is 13.2 Å². The standard InChI is InChI=1S/C13H12BrF3N4/c1-7-3-8(14)5-9(4-7)19-11-6-10(18-2)20-12(21-11)13(15,16)17/h3-6H,1-2H3,(H2,18,19,20,21). The minimum absolute atomic E-state index is 0.0687. The van der Waals surface area contributed by atoms with Crippen LogP contribution < -0.4 is 10.6 Å². The largest absolute Gasteiger partial charge is 0.451 e. The van der Waals surface area contributed by atoms with Gasteiger partial charge in [0.2, 0.25) is 5.82 Å². The van der Waals surface area contributed by atoms with Gasteiger partial charge >= 0.3 is 6.18 Å². The summed E-state index contributed by atoms with van der Waals surface area (Å²) in [5.41, 5.74) is 1.60. The SMILES string of the molecule is CNc1cc(Nc2cc(C)cc(Br)c2)nc(C(F)(F)F)n1. The Morgan fingerprint density at radius 2 is 1.71 bits per heavy atom. The molecule has 0 aliphatic carbocycles. The molecule has 112 valence electrons. The molecule has 0 saturated carbocycles. The second-order valence-electron chi connectivity index (χ2n) is 4.35. The molecule has 0 atom stereocenters. The summed E-state index contributed by atoms with van der Waals surface area (Å²) in [7, 11) is 1.50. The van der Waals surface area contributed by atoms with Gasteiger partial charge in [-0.25, -0.2) is 9.97 Å². The van der Waals surface area contributed by atoms with E-state index < -0.39 is 12.0 Å². The lowest BCUT2D eigenvalue weighted by Gasteiger charge is -2.12. The smallest absolute Gasteiger partial charge is 0.373 e. The molecule has 4 nitrogen and oxygen atoms in total. The van der Waals surface area contributed by atoms with Crippen LogP contribution in [0.15, 0.2) is 28.7 Å². The van der Waals surface area contributed by atoms with E-state index in [9.17, 15) is 13.2 Å². The van der Waals surface area contributed by atoms with Crippen molar-refractivity contribution in [1.29, 1.82) is 0 Å². The van der Waals surface area contributed by atoms with Gasteiger partial charge in [-0.05, 0) is 30.7 Å². The van der Waals surface area contributed by atoms with Crippen molar-refractivity contribution >= 4 is 33.3 Å². The zero-order valence-electron chi connectivity index (χ0n) is 11.2. The molecule has 1 heterocycles. The molecule has 0 radical (unpaired) electrons. The van der Waals surface area contributed by atoms with E-state index in [0.717, 1.165) is 10.0 Å². The highest BCUT2D eigenvalue weighted by atomic mass is 79.9. The monoisotopic (exact) mass is 360 g/mol. The fourth-order valence-corrected chi connectivity index (χ4v) is 2.33. The molecule has 2 rings (SSSR count). The first kappa shape index (κ1) is 15.6. The highest BCUT2D eigenvalue weighted by Crippen LogP contribution is 2.29. The summed E-state index contributed by atoms with van der Waals surface area (Å²) in [6, 6.07) is 6.86. The second kappa shape index (κ2) is 5.88. The van der Waals surface area contributed by atoms with Crippen molar-refractivity contribution in [2.75, 3.05) is 17.7 Å². The van der Waals surface area contributed by atoms with E-state index in [1.807, 2.05) is 13.0 Å². The van der Waals surface area contributed by atoms with Crippen molar-refractivity contribution in [3.8, 4) is 0 Å². The summed E-state index contributed by atoms with van der Waals surface area (Å²) in [5, 5.41) is 5.44. The van der Waals surface area contributed by atoms with E-state index in [1.165, 1.54) is 13.1 Å². The first-order chi connectivity index (χ1) is 9.77. The molecule has 0 spiro atoms. The van der Waals surface area contributed by atoms with Gasteiger partial charge in [-0.2, -0.15) is 13.2 Å². The minimum Gasteiger partial charge on any atom is -0.373 e. The Morgan fingerprint density at radius 1 is 1.05 bits per heavy atom. The molecule has 2 N–H and O–H groups in total. The van der Waals surface area contributed by atoms with E-state index in [-0.39, 0.29) is 11.6 Å². The average molecular weight is 361 g/mol. The van der Waals surface area contributed by atoms with Crippen molar-refractivity contribution in [1.82, 2.24) is 9.97 Å². The zero-order chi connectivity index (χ0) is 15.6. The lowest BCUT2D eigenvalue weighted by Crippen LogP contribution is -2.13. The fourth-order valence-electron chi connectivity index (χ4n) is 1.72. The first-order valence-electron chi connectivity index (χ1n) is 5.96. The van der Waals surface area contributed by atoms with E-state index in [2.05, 4.69) is 36.5 Å². The zero-order valence-corrected chi connectivity index (χ0v) is 12.8. The summed E-state index contributed by atoms with van der Waals surface area (Å²) >= 11 is 3.34. The maximum absolute atomic E-state index is 12.8. The van der Waals surface area contributed by atoms with Gasteiger partial charge < -0.3 is 10.6 Å². The number of hydrogen-bond donors (Lipinski definition) is 2. The quantitative estimate of drug-likeness (QED) is 0.854. The van der Waals surface area contributed by atoms with Crippen LogP contribution in [0.25, 0.3) is 0 Å². The molecule has 0 aliphatic heterocycles. The van der Waals surface area contributed by atoms with Gasteiger partial charge in [0.25, 0.3) is 0 Å². The molecule has 0 amide bonds. The number of nitrogens with zero attached hydrogens (tertiary/aromatic N) is 2. The third kappa shape index (κ3) is 4.07. The predicted octanol–water partition coefficient (Wildman–Crippen LogP) is 4.35. The molecule has 1 aromatic heterocycles. The first-order valence-corrected chi connectivity index (χ1v) is 6.75. The van der Waals surface area contributed by atoms with Crippen LogP contribution in [0.4, 0.5) is 30.5 Å². The van der Waals surface area contributed by atoms with E-state index >= 15 is 0 Å². The average Bonchev–Trinajstić information content (AvgIpc) is 2.36. The van der Waals surface area contributed by atoms with Crippen LogP contribution in [-0.4, -0.2) is 17.0 Å². The Labute approximate surface area is 127 Å². The van der Waals surface area contributed by atoms with Crippen molar-refractivity contribution in [2.45, 2.75) is 13.1 Å². The molecule has 0 unspecified atom stereocenters. The minimum atomic E-state index is -4.60. The Bertz CT molecular complexity index is 638. The van der Waals surface area contributed by atoms with Gasteiger partial charge in [-0.15, -0.1) is 0 Å². The topological polar surface area (TPSA) is 49.8 Å². The number of benzene rings is 1. The normalized spacial score (nSPS) is 11.3. The van der Waals surface area contributed by atoms with Crippen LogP contribution in [0.1, 0.15) is 11.4 Å². The number of anilines is 3. The summed E-state index contributed by atoms with van der Waals surface area (Å²) in [4.78, 5) is 6.91. The Kier molecular flexibility index (Phi) is 4.36. The van der Waals surface area contributed by atoms with Gasteiger partial charge in [0.1, 0.15) is 11.6 Å². The van der Waals surface area contributed by atoms with Gasteiger partial charge in [-0.1, -0.05) is 15.9 Å². The molecule has 0 bridgehead atoms. The molecule has 0 aliphatic rings. The number of aryl methyl sites for hydroxylation is 1. The maximum atomic E-state index is 12.8. The Balaban J connectivity index is 2.39. The van der Waals surface area contributed by atoms with Gasteiger partial charge in [-0.3, -0.25) is 0 Å². The number of hydrogen-bond acceptors (Lipinski definition) is 4. The predicted molar refractivity (Wildman–Crippen MR) is 78.7 cm³/mol. The number of halogens is 4. The van der Waals surface area contributed by atoms with Crippen molar-refractivity contribution in [3.05, 3.63) is 40.1 Å². The number of rotatable bonds is 3. The Morgan fingerprint density at radius 3 is 2.29 bits per heavy atom. The molecule has 21 heavy (non-hydrogen) atoms. The summed E-state index contributed by atoms with van der Waals surface area (Å²) in [6.45, 7) is 1.89. The fraction of sp³-hybridized carbons (Fsp3) is 0.231. The van der Waals surface area contributed by atoms with Gasteiger partial charge in [0.15, 0.2) is 0 Å². The number of nitrogens with one attached hydrogen (secondary N) is 2. The van der Waals surface area contributed by atoms with Gasteiger partial charge in [0.05, 0.1) is 0 Å². The van der Waals surface area contributed by atoms with Crippen LogP contribution in [0.5, 0.6) is 0 Å². The summed E-state index contributed by atoms with van der Waals surface area (Å²) < 4.78 is 39.1. The Hall–Kier alpha value is -1.83. The second-order valence-corrected chi connectivity index (χ2v) is 5.27. The highest BCUT2D eigenvalue weighted by Gasteiger charge is 2.35. The van der Waals surface area contributed by atoms with E-state index in [4.69, 9.17) is 0 Å². The molecule has 1 aromatic carbocycles. The molecule has 0 saturated heterocycles. The highest BCUT2D eigenvalue weighted by molar-refractivity contribution is 9.10. The van der Waals surface area contributed by atoms with Crippen molar-refractivity contribution in [2.24, 2.45) is 0 Å². The lowest BCUT2D eigenvalue weighted by atomic mass is 10.2. The molecule has 8 heteroatoms.